The van der Waals surface area contributed by atoms with Gasteiger partial charge in [-0.15, -0.1) is 0 Å². The molecule has 1 saturated heterocycles. The van der Waals surface area contributed by atoms with Crippen LogP contribution in [0.2, 0.25) is 0 Å². The lowest BCUT2D eigenvalue weighted by molar-refractivity contribution is -0.192. The van der Waals surface area contributed by atoms with Crippen LogP contribution in [0, 0.1) is 6.92 Å². The number of benzene rings is 1. The van der Waals surface area contributed by atoms with Crippen molar-refractivity contribution in [1.82, 2.24) is 19.4 Å². The van der Waals surface area contributed by atoms with Crippen LogP contribution in [0.4, 0.5) is 13.2 Å². The van der Waals surface area contributed by atoms with Crippen molar-refractivity contribution in [1.29, 1.82) is 0 Å². The number of esters is 1. The number of nitrogens with zero attached hydrogens (tertiary/aromatic N) is 4. The third kappa shape index (κ3) is 6.48. The number of pyridine rings is 1. The van der Waals surface area contributed by atoms with Crippen LogP contribution in [0.15, 0.2) is 61.1 Å². The van der Waals surface area contributed by atoms with Gasteiger partial charge in [-0.05, 0) is 44.9 Å². The predicted octanol–water partition coefficient (Wildman–Crippen LogP) is 4.42. The van der Waals surface area contributed by atoms with E-state index in [1.54, 1.807) is 18.5 Å². The van der Waals surface area contributed by atoms with E-state index in [4.69, 9.17) is 14.6 Å². The number of hydrogen-bond acceptors (Lipinski definition) is 6. The van der Waals surface area contributed by atoms with Crippen molar-refractivity contribution in [2.24, 2.45) is 0 Å². The second kappa shape index (κ2) is 10.9. The first-order chi connectivity index (χ1) is 16.9. The lowest BCUT2D eigenvalue weighted by Crippen LogP contribution is -2.46. The highest BCUT2D eigenvalue weighted by molar-refractivity contribution is 5.89. The Hall–Kier alpha value is -3.73. The van der Waals surface area contributed by atoms with Gasteiger partial charge in [0, 0.05) is 31.7 Å². The Labute approximate surface area is 206 Å². The molecule has 0 spiro atoms. The molecule has 2 aromatic heterocycles. The molecule has 8 nitrogen and oxygen atoms in total. The number of aliphatic carboxylic acids is 1. The highest BCUT2D eigenvalue weighted by Gasteiger charge is 2.43. The van der Waals surface area contributed by atoms with Crippen LogP contribution in [0.3, 0.4) is 0 Å². The average Bonchev–Trinajstić information content (AvgIpc) is 3.37. The molecule has 1 atom stereocenters. The van der Waals surface area contributed by atoms with Crippen LogP contribution in [-0.2, 0) is 16.1 Å². The van der Waals surface area contributed by atoms with E-state index in [1.165, 1.54) is 5.56 Å². The van der Waals surface area contributed by atoms with Gasteiger partial charge in [-0.25, -0.2) is 19.6 Å². The van der Waals surface area contributed by atoms with Gasteiger partial charge in [-0.3, -0.25) is 9.47 Å². The Morgan fingerprint density at radius 2 is 1.81 bits per heavy atom. The summed E-state index contributed by atoms with van der Waals surface area (Å²) in [6.07, 6.45) is 0.724. The number of aromatic nitrogens is 3. The topological polar surface area (TPSA) is 97.6 Å². The maximum atomic E-state index is 12.7. The van der Waals surface area contributed by atoms with Gasteiger partial charge < -0.3 is 9.84 Å². The molecule has 0 radical (unpaired) electrons. The van der Waals surface area contributed by atoms with Crippen LogP contribution in [0.1, 0.15) is 42.0 Å². The molecule has 0 bridgehead atoms. The number of halogens is 3. The Kier molecular flexibility index (Phi) is 8.13. The number of hydrogen-bond donors (Lipinski definition) is 1. The smallest absolute Gasteiger partial charge is 0.475 e. The van der Waals surface area contributed by atoms with Gasteiger partial charge >= 0.3 is 18.1 Å². The lowest BCUT2D eigenvalue weighted by atomic mass is 9.98. The largest absolute Gasteiger partial charge is 0.490 e. The normalized spacial score (nSPS) is 17.2. The van der Waals surface area contributed by atoms with Crippen LogP contribution < -0.4 is 0 Å². The number of alkyl halides is 3. The Morgan fingerprint density at radius 3 is 2.33 bits per heavy atom. The molecule has 3 aromatic rings. The molecule has 1 fully saturated rings. The van der Waals surface area contributed by atoms with E-state index < -0.39 is 12.1 Å². The summed E-state index contributed by atoms with van der Waals surface area (Å²) in [6.45, 7) is 7.95. The predicted molar refractivity (Wildman–Crippen MR) is 125 cm³/mol. The van der Waals surface area contributed by atoms with Crippen molar-refractivity contribution >= 4 is 11.9 Å². The number of carbonyl (C=O) groups is 2. The number of rotatable bonds is 5. The maximum Gasteiger partial charge on any atom is 0.490 e. The van der Waals surface area contributed by atoms with Crippen LogP contribution in [0.5, 0.6) is 0 Å². The van der Waals surface area contributed by atoms with Gasteiger partial charge in [-0.1, -0.05) is 30.3 Å². The first kappa shape index (κ1) is 26.9. The zero-order valence-corrected chi connectivity index (χ0v) is 20.1. The number of carbonyl (C=O) groups excluding carboxylic acids is 1. The summed E-state index contributed by atoms with van der Waals surface area (Å²) in [5.74, 6) is -1.51. The number of aryl methyl sites for hydroxylation is 1. The maximum absolute atomic E-state index is 12.7. The van der Waals surface area contributed by atoms with Gasteiger partial charge in [0.2, 0.25) is 0 Å². The standard InChI is InChI=1S/C23H26N4O2.C2HF3O2/c1-17-24-12-14-27(17)21-10-9-19(15-25-21)22(28)29-20-11-13-26(23(20,2)3)16-18-7-5-4-6-8-18;3-2(4,5)1(6)7/h4-10,12,14-15,20H,11,13,16H2,1-3H3;(H,6,7). The van der Waals surface area contributed by atoms with E-state index in [0.29, 0.717) is 5.56 Å². The molecule has 1 aliphatic rings. The van der Waals surface area contributed by atoms with Crippen LogP contribution in [-0.4, -0.2) is 60.8 Å². The summed E-state index contributed by atoms with van der Waals surface area (Å²) >= 11 is 0. The summed E-state index contributed by atoms with van der Waals surface area (Å²) in [5.41, 5.74) is 1.50. The summed E-state index contributed by atoms with van der Waals surface area (Å²) in [4.78, 5) is 32.6. The summed E-state index contributed by atoms with van der Waals surface area (Å²) in [5, 5.41) is 7.12. The molecule has 192 valence electrons. The van der Waals surface area contributed by atoms with Crippen molar-refractivity contribution in [3.8, 4) is 5.82 Å². The SMILES string of the molecule is Cc1nccn1-c1ccc(C(=O)OC2CCN(Cc3ccccc3)C2(C)C)cn1.O=C(O)C(F)(F)F. The molecule has 3 heterocycles. The van der Waals surface area contributed by atoms with E-state index in [1.807, 2.05) is 29.8 Å². The fourth-order valence-corrected chi connectivity index (χ4v) is 3.87. The molecule has 1 unspecified atom stereocenters. The van der Waals surface area contributed by atoms with Crippen molar-refractivity contribution < 1.29 is 32.6 Å². The lowest BCUT2D eigenvalue weighted by Gasteiger charge is -2.35. The van der Waals surface area contributed by atoms with E-state index in [9.17, 15) is 18.0 Å². The molecule has 36 heavy (non-hydrogen) atoms. The molecular formula is C25H27F3N4O4. The molecule has 0 amide bonds. The van der Waals surface area contributed by atoms with Gasteiger partial charge in [-0.2, -0.15) is 13.2 Å². The highest BCUT2D eigenvalue weighted by Crippen LogP contribution is 2.33. The summed E-state index contributed by atoms with van der Waals surface area (Å²) < 4.78 is 39.5. The first-order valence-electron chi connectivity index (χ1n) is 11.2. The van der Waals surface area contributed by atoms with E-state index in [2.05, 4.69) is 53.0 Å². The number of carboxylic acid groups (broad SMARTS) is 1. The zero-order valence-electron chi connectivity index (χ0n) is 20.1. The monoisotopic (exact) mass is 504 g/mol. The fraction of sp³-hybridized carbons (Fsp3) is 0.360. The molecule has 1 aliphatic heterocycles. The second-order valence-electron chi connectivity index (χ2n) is 8.80. The Morgan fingerprint density at radius 1 is 1.14 bits per heavy atom. The van der Waals surface area contributed by atoms with Crippen LogP contribution in [0.25, 0.3) is 5.82 Å². The second-order valence-corrected chi connectivity index (χ2v) is 8.80. The molecule has 4 rings (SSSR count). The van der Waals surface area contributed by atoms with Crippen molar-refractivity contribution in [3.05, 3.63) is 78.0 Å². The van der Waals surface area contributed by atoms with E-state index in [-0.39, 0.29) is 17.6 Å². The first-order valence-corrected chi connectivity index (χ1v) is 11.2. The summed E-state index contributed by atoms with van der Waals surface area (Å²) in [6, 6.07) is 14.0. The molecule has 0 aliphatic carbocycles. The number of ether oxygens (including phenoxy) is 1. The third-order valence-corrected chi connectivity index (χ3v) is 6.03. The Bertz CT molecular complexity index is 1180. The molecule has 1 aromatic carbocycles. The van der Waals surface area contributed by atoms with Gasteiger partial charge in [0.05, 0.1) is 11.1 Å². The minimum atomic E-state index is -5.08. The van der Waals surface area contributed by atoms with Gasteiger partial charge in [0.15, 0.2) is 0 Å². The Balaban J connectivity index is 0.000000454. The molecule has 1 N–H and O–H groups in total. The quantitative estimate of drug-likeness (QED) is 0.514. The minimum Gasteiger partial charge on any atom is -0.475 e. The highest BCUT2D eigenvalue weighted by atomic mass is 19.4. The third-order valence-electron chi connectivity index (χ3n) is 6.03. The van der Waals surface area contributed by atoms with Crippen molar-refractivity contribution in [2.45, 2.75) is 51.6 Å². The van der Waals surface area contributed by atoms with E-state index >= 15 is 0 Å². The van der Waals surface area contributed by atoms with Gasteiger partial charge in [0.1, 0.15) is 17.7 Å². The van der Waals surface area contributed by atoms with Crippen molar-refractivity contribution in [2.75, 3.05) is 6.54 Å². The molecular weight excluding hydrogens is 477 g/mol. The number of carboxylic acids is 1. The van der Waals surface area contributed by atoms with Crippen LogP contribution >= 0.6 is 0 Å². The van der Waals surface area contributed by atoms with Crippen molar-refractivity contribution in [3.63, 3.8) is 0 Å². The zero-order chi connectivity index (χ0) is 26.5. The number of likely N-dealkylation sites (tertiary alicyclic amines) is 1. The average molecular weight is 505 g/mol. The number of imidazole rings is 1. The molecule has 11 heteroatoms. The summed E-state index contributed by atoms with van der Waals surface area (Å²) in [7, 11) is 0. The van der Waals surface area contributed by atoms with Gasteiger partial charge in [0.25, 0.3) is 0 Å². The minimum absolute atomic E-state index is 0.158. The molecule has 0 saturated carbocycles. The fourth-order valence-electron chi connectivity index (χ4n) is 3.87. The van der Waals surface area contributed by atoms with E-state index in [0.717, 1.165) is 31.2 Å².